The number of aldehydes is 1. The van der Waals surface area contributed by atoms with Crippen LogP contribution in [0.25, 0.3) is 21.6 Å². The summed E-state index contributed by atoms with van der Waals surface area (Å²) in [4.78, 5) is 32.9. The number of anilines is 1. The third kappa shape index (κ3) is 3.30. The highest BCUT2D eigenvalue weighted by atomic mass is 35.5. The number of carbonyl (C=O) groups excluding carboxylic acids is 2. The second-order valence-corrected chi connectivity index (χ2v) is 6.50. The Labute approximate surface area is 152 Å². The van der Waals surface area contributed by atoms with Crippen LogP contribution in [0, 0.1) is 0 Å². The fourth-order valence-corrected chi connectivity index (χ4v) is 3.18. The van der Waals surface area contributed by atoms with E-state index in [1.807, 2.05) is 17.5 Å². The Morgan fingerprint density at radius 1 is 1.28 bits per heavy atom. The van der Waals surface area contributed by atoms with Gasteiger partial charge in [0.1, 0.15) is 6.29 Å². The molecule has 0 aliphatic carbocycles. The van der Waals surface area contributed by atoms with Crippen molar-refractivity contribution in [1.82, 2.24) is 9.97 Å². The van der Waals surface area contributed by atoms with Gasteiger partial charge in [0.15, 0.2) is 11.6 Å². The van der Waals surface area contributed by atoms with Crippen LogP contribution in [0.15, 0.2) is 47.4 Å². The minimum atomic E-state index is -0.552. The molecular formula is C17H13ClN4O2S. The van der Waals surface area contributed by atoms with Gasteiger partial charge in [-0.3, -0.25) is 9.59 Å². The number of halogens is 1. The molecule has 1 aromatic carbocycles. The summed E-state index contributed by atoms with van der Waals surface area (Å²) >= 11 is 7.76. The molecule has 0 aliphatic rings. The summed E-state index contributed by atoms with van der Waals surface area (Å²) in [7, 11) is 0. The van der Waals surface area contributed by atoms with Crippen LogP contribution < -0.4 is 10.9 Å². The number of aromatic nitrogens is 2. The molecule has 0 unspecified atom stereocenters. The van der Waals surface area contributed by atoms with E-state index in [1.165, 1.54) is 18.3 Å². The smallest absolute Gasteiger partial charge is 0.269 e. The Kier molecular flexibility index (Phi) is 4.89. The lowest BCUT2D eigenvalue weighted by Gasteiger charge is -2.19. The average molecular weight is 373 g/mol. The topological polar surface area (TPSA) is 89.2 Å². The lowest BCUT2D eigenvalue weighted by atomic mass is 10.2. The number of hydrazine groups is 1. The molecule has 126 valence electrons. The van der Waals surface area contributed by atoms with Crippen molar-refractivity contribution >= 4 is 51.9 Å². The number of rotatable bonds is 4. The Morgan fingerprint density at radius 3 is 2.76 bits per heavy atom. The number of carbonyl (C=O) groups is 2. The molecule has 2 N–H and O–H groups in total. The van der Waals surface area contributed by atoms with E-state index in [2.05, 4.69) is 9.97 Å². The zero-order chi connectivity index (χ0) is 18.0. The van der Waals surface area contributed by atoms with Gasteiger partial charge in [-0.25, -0.2) is 20.8 Å². The van der Waals surface area contributed by atoms with E-state index in [4.69, 9.17) is 17.4 Å². The molecule has 0 saturated heterocycles. The van der Waals surface area contributed by atoms with Crippen LogP contribution in [-0.2, 0) is 9.59 Å². The van der Waals surface area contributed by atoms with Gasteiger partial charge in [0.05, 0.1) is 20.8 Å². The summed E-state index contributed by atoms with van der Waals surface area (Å²) < 4.78 is 0. The van der Waals surface area contributed by atoms with Gasteiger partial charge >= 0.3 is 0 Å². The monoisotopic (exact) mass is 372 g/mol. The maximum atomic E-state index is 12.5. The molecule has 2 aromatic heterocycles. The lowest BCUT2D eigenvalue weighted by Crippen LogP contribution is -2.39. The van der Waals surface area contributed by atoms with Crippen LogP contribution in [0.2, 0.25) is 5.02 Å². The fraction of sp³-hybridized carbons (Fsp3) is 0.0588. The molecule has 0 atom stereocenters. The summed E-state index contributed by atoms with van der Waals surface area (Å²) in [5.41, 5.74) is 0.759. The van der Waals surface area contributed by atoms with Gasteiger partial charge in [-0.1, -0.05) is 23.7 Å². The SMILES string of the molecule is C/C(=C/C=O)C(=O)N(N)c1nc(-c2cccs2)nc2cccc(Cl)c12. The van der Waals surface area contributed by atoms with Crippen molar-refractivity contribution < 1.29 is 9.59 Å². The van der Waals surface area contributed by atoms with Crippen LogP contribution >= 0.6 is 22.9 Å². The second kappa shape index (κ2) is 7.10. The third-order valence-corrected chi connectivity index (χ3v) is 4.68. The van der Waals surface area contributed by atoms with E-state index in [1.54, 1.807) is 18.2 Å². The van der Waals surface area contributed by atoms with Crippen molar-refractivity contribution in [3.8, 4) is 10.7 Å². The number of nitrogens with two attached hydrogens (primary N) is 1. The molecule has 0 bridgehead atoms. The highest BCUT2D eigenvalue weighted by Crippen LogP contribution is 2.33. The first-order chi connectivity index (χ1) is 12.0. The summed E-state index contributed by atoms with van der Waals surface area (Å²) in [5, 5.41) is 3.65. The fourth-order valence-electron chi connectivity index (χ4n) is 2.27. The van der Waals surface area contributed by atoms with Crippen molar-refractivity contribution in [3.05, 3.63) is 52.4 Å². The summed E-state index contributed by atoms with van der Waals surface area (Å²) in [5.74, 6) is 6.08. The van der Waals surface area contributed by atoms with Crippen molar-refractivity contribution in [1.29, 1.82) is 0 Å². The van der Waals surface area contributed by atoms with Gasteiger partial charge in [-0.2, -0.15) is 0 Å². The van der Waals surface area contributed by atoms with E-state index < -0.39 is 5.91 Å². The molecule has 1 amide bonds. The minimum Gasteiger partial charge on any atom is -0.299 e. The third-order valence-electron chi connectivity index (χ3n) is 3.50. The Balaban J connectivity index is 2.23. The van der Waals surface area contributed by atoms with Crippen molar-refractivity contribution in [2.45, 2.75) is 6.92 Å². The van der Waals surface area contributed by atoms with E-state index in [9.17, 15) is 9.59 Å². The first-order valence-electron chi connectivity index (χ1n) is 7.24. The van der Waals surface area contributed by atoms with Gasteiger partial charge in [0.25, 0.3) is 5.91 Å². The Hall–Kier alpha value is -2.61. The van der Waals surface area contributed by atoms with Gasteiger partial charge in [0, 0.05) is 5.57 Å². The molecule has 8 heteroatoms. The molecule has 3 rings (SSSR count). The molecule has 3 aromatic rings. The van der Waals surface area contributed by atoms with Crippen LogP contribution in [-0.4, -0.2) is 22.2 Å². The van der Waals surface area contributed by atoms with Crippen molar-refractivity contribution in [3.63, 3.8) is 0 Å². The standard InChI is InChI=1S/C17H13ClN4O2S/c1-10(7-8-23)17(24)22(19)16-14-11(18)4-2-5-12(14)20-15(21-16)13-6-3-9-25-13/h2-9H,19H2,1H3/b10-7-. The maximum absolute atomic E-state index is 12.5. The van der Waals surface area contributed by atoms with E-state index in [-0.39, 0.29) is 11.4 Å². The maximum Gasteiger partial charge on any atom is 0.269 e. The highest BCUT2D eigenvalue weighted by molar-refractivity contribution is 7.13. The van der Waals surface area contributed by atoms with Gasteiger partial charge in [-0.05, 0) is 36.6 Å². The largest absolute Gasteiger partial charge is 0.299 e. The summed E-state index contributed by atoms with van der Waals surface area (Å²) in [6, 6.07) is 8.97. The average Bonchev–Trinajstić information content (AvgIpc) is 3.14. The predicted molar refractivity (Wildman–Crippen MR) is 99.4 cm³/mol. The zero-order valence-corrected chi connectivity index (χ0v) is 14.7. The van der Waals surface area contributed by atoms with Gasteiger partial charge in [-0.15, -0.1) is 11.3 Å². The van der Waals surface area contributed by atoms with Crippen LogP contribution in [0.4, 0.5) is 5.82 Å². The molecule has 0 saturated carbocycles. The van der Waals surface area contributed by atoms with Gasteiger partial charge < -0.3 is 0 Å². The molecular weight excluding hydrogens is 360 g/mol. The van der Waals surface area contributed by atoms with E-state index in [0.717, 1.165) is 16.0 Å². The van der Waals surface area contributed by atoms with Crippen LogP contribution in [0.5, 0.6) is 0 Å². The number of fused-ring (bicyclic) bond motifs is 1. The number of benzene rings is 1. The summed E-state index contributed by atoms with van der Waals surface area (Å²) in [6.45, 7) is 1.50. The minimum absolute atomic E-state index is 0.183. The second-order valence-electron chi connectivity index (χ2n) is 5.14. The van der Waals surface area contributed by atoms with Crippen molar-refractivity contribution in [2.24, 2.45) is 5.84 Å². The quantitative estimate of drug-likeness (QED) is 0.249. The number of hydrogen-bond donors (Lipinski definition) is 1. The molecule has 0 radical (unpaired) electrons. The number of thiophene rings is 1. The molecule has 0 aliphatic heterocycles. The molecule has 25 heavy (non-hydrogen) atoms. The molecule has 0 spiro atoms. The molecule has 2 heterocycles. The Bertz CT molecular complexity index is 986. The van der Waals surface area contributed by atoms with E-state index in [0.29, 0.717) is 28.0 Å². The zero-order valence-electron chi connectivity index (χ0n) is 13.1. The summed E-state index contributed by atoms with van der Waals surface area (Å²) in [6.07, 6.45) is 1.68. The van der Waals surface area contributed by atoms with Crippen LogP contribution in [0.1, 0.15) is 6.92 Å². The number of nitrogens with zero attached hydrogens (tertiary/aromatic N) is 3. The number of amides is 1. The first-order valence-corrected chi connectivity index (χ1v) is 8.50. The van der Waals surface area contributed by atoms with Crippen LogP contribution in [0.3, 0.4) is 0 Å². The number of allylic oxidation sites excluding steroid dienone is 1. The van der Waals surface area contributed by atoms with Gasteiger partial charge in [0.2, 0.25) is 0 Å². The number of hydrogen-bond acceptors (Lipinski definition) is 6. The lowest BCUT2D eigenvalue weighted by molar-refractivity contribution is -0.115. The van der Waals surface area contributed by atoms with E-state index >= 15 is 0 Å². The normalized spacial score (nSPS) is 11.6. The highest BCUT2D eigenvalue weighted by Gasteiger charge is 2.21. The van der Waals surface area contributed by atoms with Crippen molar-refractivity contribution in [2.75, 3.05) is 5.01 Å². The molecule has 6 nitrogen and oxygen atoms in total. The predicted octanol–water partition coefficient (Wildman–Crippen LogP) is 3.36. The first kappa shape index (κ1) is 17.2. The Morgan fingerprint density at radius 2 is 2.08 bits per heavy atom. The molecule has 0 fully saturated rings.